The van der Waals surface area contributed by atoms with Crippen LogP contribution in [0.4, 0.5) is 17.5 Å². The van der Waals surface area contributed by atoms with Gasteiger partial charge in [-0.15, -0.1) is 0 Å². The molecule has 5 rings (SSSR count). The highest BCUT2D eigenvalue weighted by molar-refractivity contribution is 6.41. The highest BCUT2D eigenvalue weighted by atomic mass is 35.5. The second-order valence-corrected chi connectivity index (χ2v) is 10.9. The number of nitrogens with zero attached hydrogens (tertiary/aromatic N) is 4. The van der Waals surface area contributed by atoms with Gasteiger partial charge in [0.15, 0.2) is 11.6 Å². The second kappa shape index (κ2) is 11.9. The van der Waals surface area contributed by atoms with E-state index in [0.29, 0.717) is 56.0 Å². The summed E-state index contributed by atoms with van der Waals surface area (Å²) in [7, 11) is 5.09. The average Bonchev–Trinajstić information content (AvgIpc) is 3.78. The van der Waals surface area contributed by atoms with E-state index in [1.807, 2.05) is 38.2 Å². The smallest absolute Gasteiger partial charge is 0.227 e. The normalized spacial score (nSPS) is 12.7. The van der Waals surface area contributed by atoms with Crippen LogP contribution in [-0.4, -0.2) is 48.5 Å². The fraction of sp³-hybridized carbons (Fsp3) is 0.290. The zero-order valence-electron chi connectivity index (χ0n) is 23.4. The van der Waals surface area contributed by atoms with E-state index < -0.39 is 0 Å². The summed E-state index contributed by atoms with van der Waals surface area (Å²) in [6.45, 7) is 6.42. The summed E-state index contributed by atoms with van der Waals surface area (Å²) in [6, 6.07) is 9.33. The summed E-state index contributed by atoms with van der Waals surface area (Å²) in [5.74, 6) is 2.48. The Bertz CT molecular complexity index is 1630. The number of allylic oxidation sites excluding steroid dienone is 1. The van der Waals surface area contributed by atoms with E-state index in [2.05, 4.69) is 21.8 Å². The number of ketones is 1. The van der Waals surface area contributed by atoms with Gasteiger partial charge in [0, 0.05) is 48.9 Å². The van der Waals surface area contributed by atoms with E-state index in [-0.39, 0.29) is 12.2 Å². The number of hydrogen-bond acceptors (Lipinski definition) is 8. The van der Waals surface area contributed by atoms with Crippen molar-refractivity contribution in [3.8, 4) is 22.8 Å². The first-order valence-corrected chi connectivity index (χ1v) is 14.0. The number of benzene rings is 2. The maximum absolute atomic E-state index is 12.1. The van der Waals surface area contributed by atoms with Gasteiger partial charge in [-0.3, -0.25) is 4.79 Å². The first-order valence-electron chi connectivity index (χ1n) is 13.2. The minimum atomic E-state index is -0.0645. The molecule has 1 N–H and O–H groups in total. The molecule has 1 aliphatic carbocycles. The molecule has 212 valence electrons. The Morgan fingerprint density at radius 3 is 2.49 bits per heavy atom. The van der Waals surface area contributed by atoms with Crippen molar-refractivity contribution < 1.29 is 14.3 Å². The number of aromatic nitrogens is 3. The van der Waals surface area contributed by atoms with Crippen molar-refractivity contribution in [2.75, 3.05) is 38.0 Å². The lowest BCUT2D eigenvalue weighted by molar-refractivity contribution is -0.114. The van der Waals surface area contributed by atoms with Gasteiger partial charge >= 0.3 is 0 Å². The maximum Gasteiger partial charge on any atom is 0.227 e. The average molecular weight is 593 g/mol. The van der Waals surface area contributed by atoms with Gasteiger partial charge in [-0.25, -0.2) is 15.0 Å². The number of hydrogen-bond donors (Lipinski definition) is 1. The van der Waals surface area contributed by atoms with E-state index in [1.165, 1.54) is 33.1 Å². The zero-order valence-corrected chi connectivity index (χ0v) is 24.9. The molecule has 1 fully saturated rings. The van der Waals surface area contributed by atoms with Crippen molar-refractivity contribution in [3.05, 3.63) is 70.4 Å². The van der Waals surface area contributed by atoms with E-state index >= 15 is 0 Å². The molecule has 41 heavy (non-hydrogen) atoms. The molecule has 0 radical (unpaired) electrons. The molecule has 4 aromatic rings. The highest BCUT2D eigenvalue weighted by Gasteiger charge is 2.26. The van der Waals surface area contributed by atoms with E-state index in [1.54, 1.807) is 12.3 Å². The first kappa shape index (κ1) is 28.6. The van der Waals surface area contributed by atoms with E-state index in [0.717, 1.165) is 28.7 Å². The predicted molar refractivity (Wildman–Crippen MR) is 165 cm³/mol. The number of halogens is 2. The molecule has 0 atom stereocenters. The standard InChI is InChI=1S/C31H31Cl2N5O3/c1-6-21(39)12-19-9-7-8-17(2)28(19)36-31-34-15-20-13-22(25-26(32)23(40-4)14-24(41-5)27(25)33)35-30(29(20)37-31)38(3)16-18-10-11-18/h6-9,13-15,18H,1,10-12,16H2,2-5H3,(H,34,36,37). The predicted octanol–water partition coefficient (Wildman–Crippen LogP) is 7.21. The molecular formula is C31H31Cl2N5O3. The van der Waals surface area contributed by atoms with Crippen molar-refractivity contribution in [3.63, 3.8) is 0 Å². The number of nitrogens with one attached hydrogen (secondary N) is 1. The van der Waals surface area contributed by atoms with Gasteiger partial charge < -0.3 is 19.7 Å². The van der Waals surface area contributed by atoms with Gasteiger partial charge in [0.05, 0.1) is 30.0 Å². The third-order valence-corrected chi connectivity index (χ3v) is 7.91. The van der Waals surface area contributed by atoms with Crippen molar-refractivity contribution in [1.29, 1.82) is 0 Å². The molecule has 0 amide bonds. The van der Waals surface area contributed by atoms with Crippen molar-refractivity contribution in [1.82, 2.24) is 15.0 Å². The molecule has 0 spiro atoms. The van der Waals surface area contributed by atoms with Crippen LogP contribution in [0.1, 0.15) is 24.0 Å². The summed E-state index contributed by atoms with van der Waals surface area (Å²) < 4.78 is 11.0. The molecule has 2 aromatic carbocycles. The fourth-order valence-corrected chi connectivity index (χ4v) is 5.48. The Morgan fingerprint density at radius 2 is 1.85 bits per heavy atom. The van der Waals surface area contributed by atoms with Gasteiger partial charge in [-0.05, 0) is 49.0 Å². The number of para-hydroxylation sites is 1. The summed E-state index contributed by atoms with van der Waals surface area (Å²) in [4.78, 5) is 28.8. The minimum absolute atomic E-state index is 0.0645. The molecular weight excluding hydrogens is 561 g/mol. The van der Waals surface area contributed by atoms with Crippen molar-refractivity contribution in [2.45, 2.75) is 26.2 Å². The first-order chi connectivity index (χ1) is 19.7. The van der Waals surface area contributed by atoms with Crippen LogP contribution in [0.15, 0.2) is 49.2 Å². The molecule has 10 heteroatoms. The van der Waals surface area contributed by atoms with E-state index in [4.69, 9.17) is 42.6 Å². The van der Waals surface area contributed by atoms with Gasteiger partial charge in [0.2, 0.25) is 5.95 Å². The summed E-state index contributed by atoms with van der Waals surface area (Å²) >= 11 is 13.5. The Hall–Kier alpha value is -3.88. The monoisotopic (exact) mass is 591 g/mol. The molecule has 1 aliphatic rings. The number of pyridine rings is 1. The van der Waals surface area contributed by atoms with Crippen molar-refractivity contribution >= 4 is 57.3 Å². The van der Waals surface area contributed by atoms with E-state index in [9.17, 15) is 4.79 Å². The summed E-state index contributed by atoms with van der Waals surface area (Å²) in [5, 5.41) is 4.78. The molecule has 0 bridgehead atoms. The number of fused-ring (bicyclic) bond motifs is 1. The molecule has 8 nitrogen and oxygen atoms in total. The van der Waals surface area contributed by atoms with Gasteiger partial charge in [-0.1, -0.05) is 48.0 Å². The van der Waals surface area contributed by atoms with Gasteiger partial charge in [-0.2, -0.15) is 0 Å². The van der Waals surface area contributed by atoms with Crippen LogP contribution in [-0.2, 0) is 11.2 Å². The molecule has 0 saturated heterocycles. The lowest BCUT2D eigenvalue weighted by Gasteiger charge is -2.22. The number of rotatable bonds is 11. The van der Waals surface area contributed by atoms with Crippen LogP contribution in [0.3, 0.4) is 0 Å². The lowest BCUT2D eigenvalue weighted by atomic mass is 10.0. The number of aryl methyl sites for hydroxylation is 1. The SMILES string of the molecule is C=CC(=O)Cc1cccc(C)c1Nc1ncc2cc(-c3c(Cl)c(OC)cc(OC)c3Cl)nc(N(C)CC3CC3)c2n1. The quantitative estimate of drug-likeness (QED) is 0.183. The number of ether oxygens (including phenoxy) is 2. The van der Waals surface area contributed by atoms with Gasteiger partial charge in [0.1, 0.15) is 17.0 Å². The fourth-order valence-electron chi connectivity index (χ4n) is 4.79. The highest BCUT2D eigenvalue weighted by Crippen LogP contribution is 2.46. The third kappa shape index (κ3) is 5.94. The number of carbonyl (C=O) groups is 1. The Kier molecular flexibility index (Phi) is 8.33. The molecule has 0 aliphatic heterocycles. The maximum atomic E-state index is 12.1. The van der Waals surface area contributed by atoms with Crippen LogP contribution < -0.4 is 19.7 Å². The second-order valence-electron chi connectivity index (χ2n) is 10.2. The Balaban J connectivity index is 1.64. The Labute approximate surface area is 249 Å². The molecule has 2 aromatic heterocycles. The molecule has 2 heterocycles. The van der Waals surface area contributed by atoms with Gasteiger partial charge in [0.25, 0.3) is 0 Å². The minimum Gasteiger partial charge on any atom is -0.495 e. The number of carbonyl (C=O) groups excluding carboxylic acids is 1. The van der Waals surface area contributed by atoms with Crippen LogP contribution in [0.5, 0.6) is 11.5 Å². The summed E-state index contributed by atoms with van der Waals surface area (Å²) in [5.41, 5.74) is 4.34. The number of methoxy groups -OCH3 is 2. The number of anilines is 3. The summed E-state index contributed by atoms with van der Waals surface area (Å²) in [6.07, 6.45) is 5.69. The lowest BCUT2D eigenvalue weighted by Crippen LogP contribution is -2.22. The van der Waals surface area contributed by atoms with Crippen LogP contribution in [0, 0.1) is 12.8 Å². The third-order valence-electron chi connectivity index (χ3n) is 7.16. The van der Waals surface area contributed by atoms with Crippen molar-refractivity contribution in [2.24, 2.45) is 5.92 Å². The largest absolute Gasteiger partial charge is 0.495 e. The molecule has 1 saturated carbocycles. The van der Waals surface area contributed by atoms with Crippen LogP contribution in [0.25, 0.3) is 22.2 Å². The van der Waals surface area contributed by atoms with Crippen LogP contribution in [0.2, 0.25) is 10.0 Å². The Morgan fingerprint density at radius 1 is 1.15 bits per heavy atom. The molecule has 0 unspecified atom stereocenters. The topological polar surface area (TPSA) is 89.5 Å². The van der Waals surface area contributed by atoms with Crippen LogP contribution >= 0.6 is 23.2 Å². The zero-order chi connectivity index (χ0) is 29.3.